The SMILES string of the molecule is CC(Cn1cccn1)n1c(=S)[nH]c2cccnc21. The molecule has 0 saturated carbocycles. The van der Waals surface area contributed by atoms with Gasteiger partial charge in [-0.3, -0.25) is 9.25 Å². The predicted octanol–water partition coefficient (Wildman–Crippen LogP) is 2.55. The van der Waals surface area contributed by atoms with E-state index in [1.54, 1.807) is 12.4 Å². The van der Waals surface area contributed by atoms with Crippen LogP contribution in [0, 0.1) is 4.77 Å². The molecule has 0 radical (unpaired) electrons. The van der Waals surface area contributed by atoms with Crippen molar-refractivity contribution in [3.63, 3.8) is 0 Å². The van der Waals surface area contributed by atoms with Crippen molar-refractivity contribution in [2.75, 3.05) is 0 Å². The van der Waals surface area contributed by atoms with E-state index in [-0.39, 0.29) is 6.04 Å². The summed E-state index contributed by atoms with van der Waals surface area (Å²) >= 11 is 5.36. The summed E-state index contributed by atoms with van der Waals surface area (Å²) in [6, 6.07) is 5.99. The molecule has 0 aromatic carbocycles. The monoisotopic (exact) mass is 259 g/mol. The highest BCUT2D eigenvalue weighted by Crippen LogP contribution is 2.17. The van der Waals surface area contributed by atoms with E-state index in [1.807, 2.05) is 33.6 Å². The normalized spacial score (nSPS) is 12.9. The van der Waals surface area contributed by atoms with Gasteiger partial charge in [-0.15, -0.1) is 0 Å². The van der Waals surface area contributed by atoms with Crippen molar-refractivity contribution in [1.82, 2.24) is 24.3 Å². The van der Waals surface area contributed by atoms with E-state index >= 15 is 0 Å². The first-order valence-electron chi connectivity index (χ1n) is 5.78. The van der Waals surface area contributed by atoms with Gasteiger partial charge in [0.15, 0.2) is 10.4 Å². The zero-order valence-corrected chi connectivity index (χ0v) is 10.8. The van der Waals surface area contributed by atoms with Gasteiger partial charge in [0.25, 0.3) is 0 Å². The highest BCUT2D eigenvalue weighted by atomic mass is 32.1. The molecule has 3 heterocycles. The molecule has 18 heavy (non-hydrogen) atoms. The summed E-state index contributed by atoms with van der Waals surface area (Å²) in [6.45, 7) is 2.88. The van der Waals surface area contributed by atoms with Crippen molar-refractivity contribution in [3.8, 4) is 0 Å². The third kappa shape index (κ3) is 1.84. The van der Waals surface area contributed by atoms with E-state index in [4.69, 9.17) is 12.2 Å². The Labute approximate surface area is 109 Å². The van der Waals surface area contributed by atoms with Crippen LogP contribution in [0.4, 0.5) is 0 Å². The second-order valence-corrected chi connectivity index (χ2v) is 4.64. The van der Waals surface area contributed by atoms with Crippen molar-refractivity contribution in [2.45, 2.75) is 19.5 Å². The van der Waals surface area contributed by atoms with Gasteiger partial charge in [-0.25, -0.2) is 4.98 Å². The molecule has 0 saturated heterocycles. The molecule has 0 fully saturated rings. The van der Waals surface area contributed by atoms with Gasteiger partial charge in [0, 0.05) is 18.6 Å². The third-order valence-electron chi connectivity index (χ3n) is 2.93. The molecule has 3 aromatic rings. The smallest absolute Gasteiger partial charge is 0.179 e. The molecule has 0 aliphatic rings. The molecular formula is C12H13N5S. The first-order chi connectivity index (χ1) is 8.75. The Morgan fingerprint density at radius 1 is 1.39 bits per heavy atom. The zero-order chi connectivity index (χ0) is 12.5. The van der Waals surface area contributed by atoms with Crippen molar-refractivity contribution in [1.29, 1.82) is 0 Å². The fourth-order valence-electron chi connectivity index (χ4n) is 2.13. The molecule has 1 unspecified atom stereocenters. The summed E-state index contributed by atoms with van der Waals surface area (Å²) in [7, 11) is 0. The van der Waals surface area contributed by atoms with E-state index in [2.05, 4.69) is 22.0 Å². The third-order valence-corrected chi connectivity index (χ3v) is 3.23. The number of aromatic nitrogens is 5. The Bertz CT molecular complexity index is 709. The molecule has 0 spiro atoms. The summed E-state index contributed by atoms with van der Waals surface area (Å²) < 4.78 is 4.63. The second-order valence-electron chi connectivity index (χ2n) is 4.25. The minimum atomic E-state index is 0.195. The molecule has 0 aliphatic carbocycles. The Kier molecular flexibility index (Phi) is 2.71. The maximum atomic E-state index is 5.36. The van der Waals surface area contributed by atoms with Gasteiger partial charge in [-0.1, -0.05) is 0 Å². The van der Waals surface area contributed by atoms with Crippen LogP contribution < -0.4 is 0 Å². The minimum absolute atomic E-state index is 0.195. The van der Waals surface area contributed by atoms with Crippen LogP contribution >= 0.6 is 12.2 Å². The van der Waals surface area contributed by atoms with E-state index in [1.165, 1.54) is 0 Å². The topological polar surface area (TPSA) is 51.4 Å². The Morgan fingerprint density at radius 2 is 2.28 bits per heavy atom. The van der Waals surface area contributed by atoms with Crippen LogP contribution in [-0.4, -0.2) is 24.3 Å². The van der Waals surface area contributed by atoms with E-state index in [0.717, 1.165) is 17.7 Å². The number of imidazole rings is 1. The number of pyridine rings is 1. The van der Waals surface area contributed by atoms with E-state index in [9.17, 15) is 0 Å². The van der Waals surface area contributed by atoms with Gasteiger partial charge in [0.2, 0.25) is 0 Å². The zero-order valence-electron chi connectivity index (χ0n) is 9.95. The summed E-state index contributed by atoms with van der Waals surface area (Å²) in [5, 5.41) is 4.21. The Morgan fingerprint density at radius 3 is 3.06 bits per heavy atom. The van der Waals surface area contributed by atoms with Crippen molar-refractivity contribution >= 4 is 23.4 Å². The molecule has 0 bridgehead atoms. The van der Waals surface area contributed by atoms with Crippen LogP contribution in [-0.2, 0) is 6.54 Å². The summed E-state index contributed by atoms with van der Waals surface area (Å²) in [5.74, 6) is 0. The summed E-state index contributed by atoms with van der Waals surface area (Å²) in [6.07, 6.45) is 5.50. The molecule has 6 heteroatoms. The van der Waals surface area contributed by atoms with Crippen LogP contribution in [0.5, 0.6) is 0 Å². The maximum absolute atomic E-state index is 5.36. The first-order valence-corrected chi connectivity index (χ1v) is 6.19. The van der Waals surface area contributed by atoms with E-state index in [0.29, 0.717) is 4.77 Å². The van der Waals surface area contributed by atoms with Crippen molar-refractivity contribution < 1.29 is 0 Å². The van der Waals surface area contributed by atoms with Crippen LogP contribution in [0.3, 0.4) is 0 Å². The quantitative estimate of drug-likeness (QED) is 0.735. The molecule has 3 rings (SSSR count). The molecule has 1 N–H and O–H groups in total. The number of fused-ring (bicyclic) bond motifs is 1. The number of hydrogen-bond acceptors (Lipinski definition) is 3. The number of nitrogens with one attached hydrogen (secondary N) is 1. The largest absolute Gasteiger partial charge is 0.329 e. The number of H-pyrrole nitrogens is 1. The average molecular weight is 259 g/mol. The molecule has 1 atom stereocenters. The van der Waals surface area contributed by atoms with Gasteiger partial charge in [-0.2, -0.15) is 5.10 Å². The van der Waals surface area contributed by atoms with Crippen LogP contribution in [0.1, 0.15) is 13.0 Å². The van der Waals surface area contributed by atoms with Gasteiger partial charge < -0.3 is 4.98 Å². The fraction of sp³-hybridized carbons (Fsp3) is 0.250. The van der Waals surface area contributed by atoms with Gasteiger partial charge >= 0.3 is 0 Å². The lowest BCUT2D eigenvalue weighted by molar-refractivity contribution is 0.440. The average Bonchev–Trinajstić information content (AvgIpc) is 2.94. The number of hydrogen-bond donors (Lipinski definition) is 1. The lowest BCUT2D eigenvalue weighted by Crippen LogP contribution is -2.13. The molecular weight excluding hydrogens is 246 g/mol. The molecule has 0 amide bonds. The van der Waals surface area contributed by atoms with Crippen molar-refractivity contribution in [2.24, 2.45) is 0 Å². The lowest BCUT2D eigenvalue weighted by Gasteiger charge is -2.13. The number of nitrogens with zero attached hydrogens (tertiary/aromatic N) is 4. The van der Waals surface area contributed by atoms with Crippen LogP contribution in [0.15, 0.2) is 36.8 Å². The summed E-state index contributed by atoms with van der Waals surface area (Å²) in [5.41, 5.74) is 1.86. The minimum Gasteiger partial charge on any atom is -0.329 e. The molecule has 0 aliphatic heterocycles. The maximum Gasteiger partial charge on any atom is 0.179 e. The molecule has 5 nitrogen and oxygen atoms in total. The number of rotatable bonds is 3. The first kappa shape index (κ1) is 11.2. The Hall–Kier alpha value is -1.95. The highest BCUT2D eigenvalue weighted by Gasteiger charge is 2.12. The van der Waals surface area contributed by atoms with Crippen LogP contribution in [0.25, 0.3) is 11.2 Å². The van der Waals surface area contributed by atoms with Crippen LogP contribution in [0.2, 0.25) is 0 Å². The van der Waals surface area contributed by atoms with E-state index < -0.39 is 0 Å². The lowest BCUT2D eigenvalue weighted by atomic mass is 10.3. The fourth-order valence-corrected chi connectivity index (χ4v) is 2.50. The predicted molar refractivity (Wildman–Crippen MR) is 71.9 cm³/mol. The molecule has 3 aromatic heterocycles. The van der Waals surface area contributed by atoms with Crippen molar-refractivity contribution in [3.05, 3.63) is 41.6 Å². The summed E-state index contributed by atoms with van der Waals surface area (Å²) in [4.78, 5) is 7.56. The van der Waals surface area contributed by atoms with Gasteiger partial charge in [0.05, 0.1) is 18.1 Å². The standard InChI is InChI=1S/C12H13N5S/c1-9(8-16-7-3-6-14-16)17-11-10(15-12(17)18)4-2-5-13-11/h2-7,9H,8H2,1H3,(H,15,18). The van der Waals surface area contributed by atoms with Gasteiger partial charge in [0.1, 0.15) is 0 Å². The number of aromatic amines is 1. The Balaban J connectivity index is 2.03. The van der Waals surface area contributed by atoms with Gasteiger partial charge in [-0.05, 0) is 37.3 Å². The molecule has 92 valence electrons. The second kappa shape index (κ2) is 4.38. The highest BCUT2D eigenvalue weighted by molar-refractivity contribution is 7.71.